The van der Waals surface area contributed by atoms with Gasteiger partial charge in [0.15, 0.2) is 0 Å². The maximum Gasteiger partial charge on any atom is 0.306 e. The summed E-state index contributed by atoms with van der Waals surface area (Å²) in [5, 5.41) is 0. The van der Waals surface area contributed by atoms with Gasteiger partial charge in [0.25, 0.3) is 5.91 Å². The van der Waals surface area contributed by atoms with Gasteiger partial charge in [-0.1, -0.05) is 37.3 Å². The third-order valence-corrected chi connectivity index (χ3v) is 4.75. The van der Waals surface area contributed by atoms with Crippen LogP contribution < -0.4 is 4.18 Å². The number of benzene rings is 2. The Hall–Kier alpha value is -2.34. The number of carbonyl (C=O) groups excluding carboxylic acids is 1. The van der Waals surface area contributed by atoms with E-state index >= 15 is 0 Å². The highest BCUT2D eigenvalue weighted by atomic mass is 32.2. The van der Waals surface area contributed by atoms with E-state index in [1.165, 1.54) is 0 Å². The summed E-state index contributed by atoms with van der Waals surface area (Å²) in [7, 11) is -3.59. The Kier molecular flexibility index (Phi) is 6.42. The van der Waals surface area contributed by atoms with Crippen molar-refractivity contribution in [3.63, 3.8) is 0 Å². The molecule has 0 heterocycles. The lowest BCUT2D eigenvalue weighted by Crippen LogP contribution is -2.38. The monoisotopic (exact) mass is 375 g/mol. The molecule has 26 heavy (non-hydrogen) atoms. The minimum absolute atomic E-state index is 0.0353. The van der Waals surface area contributed by atoms with Crippen molar-refractivity contribution in [3.05, 3.63) is 65.2 Å². The molecule has 1 amide bonds. The molecule has 0 N–H and O–H groups in total. The predicted molar refractivity (Wildman–Crippen MR) is 103 cm³/mol. The first-order valence-corrected chi connectivity index (χ1v) is 10.4. The van der Waals surface area contributed by atoms with E-state index in [1.54, 1.807) is 18.2 Å². The van der Waals surface area contributed by atoms with Crippen LogP contribution in [0.3, 0.4) is 0 Å². The van der Waals surface area contributed by atoms with E-state index in [0.717, 1.165) is 23.8 Å². The van der Waals surface area contributed by atoms with E-state index in [-0.39, 0.29) is 17.7 Å². The second-order valence-corrected chi connectivity index (χ2v) is 8.02. The minimum Gasteiger partial charge on any atom is -0.383 e. The first kappa shape index (κ1) is 20.0. The lowest BCUT2D eigenvalue weighted by molar-refractivity contribution is 0.0670. The van der Waals surface area contributed by atoms with Crippen molar-refractivity contribution in [3.8, 4) is 5.75 Å². The van der Waals surface area contributed by atoms with Crippen LogP contribution in [0.25, 0.3) is 0 Å². The average Bonchev–Trinajstić information content (AvgIpc) is 2.58. The second kappa shape index (κ2) is 8.36. The van der Waals surface area contributed by atoms with Crippen molar-refractivity contribution in [1.29, 1.82) is 0 Å². The summed E-state index contributed by atoms with van der Waals surface area (Å²) in [6.07, 6.45) is 1.82. The van der Waals surface area contributed by atoms with Gasteiger partial charge in [-0.25, -0.2) is 0 Å². The van der Waals surface area contributed by atoms with Gasteiger partial charge in [0.2, 0.25) is 0 Å². The summed E-state index contributed by atoms with van der Waals surface area (Å²) in [5.74, 6) is 0.212. The molecule has 0 aliphatic carbocycles. The highest BCUT2D eigenvalue weighted by Gasteiger charge is 2.22. The summed E-state index contributed by atoms with van der Waals surface area (Å²) in [6, 6.07) is 14.4. The van der Waals surface area contributed by atoms with Gasteiger partial charge in [-0.3, -0.25) is 4.79 Å². The van der Waals surface area contributed by atoms with Crippen LogP contribution in [-0.2, 0) is 16.7 Å². The van der Waals surface area contributed by atoms with Crippen LogP contribution in [0.2, 0.25) is 0 Å². The molecule has 2 rings (SSSR count). The lowest BCUT2D eigenvalue weighted by Gasteiger charge is -2.29. The van der Waals surface area contributed by atoms with E-state index in [0.29, 0.717) is 12.1 Å². The van der Waals surface area contributed by atoms with Gasteiger partial charge in [-0.2, -0.15) is 8.42 Å². The topological polar surface area (TPSA) is 63.7 Å². The zero-order valence-corrected chi connectivity index (χ0v) is 16.4. The number of rotatable bonds is 7. The molecule has 2 aromatic carbocycles. The van der Waals surface area contributed by atoms with Crippen molar-refractivity contribution in [1.82, 2.24) is 4.90 Å². The molecule has 0 aliphatic rings. The van der Waals surface area contributed by atoms with Gasteiger partial charge in [0.05, 0.1) is 6.26 Å². The van der Waals surface area contributed by atoms with Crippen LogP contribution >= 0.6 is 0 Å². The van der Waals surface area contributed by atoms with Crippen molar-refractivity contribution < 1.29 is 17.4 Å². The van der Waals surface area contributed by atoms with E-state index in [9.17, 15) is 13.2 Å². The van der Waals surface area contributed by atoms with Gasteiger partial charge in [-0.15, -0.1) is 0 Å². The molecule has 0 spiro atoms. The first-order valence-electron chi connectivity index (χ1n) is 8.56. The molecular weight excluding hydrogens is 350 g/mol. The molecule has 0 aromatic heterocycles. The van der Waals surface area contributed by atoms with Crippen LogP contribution in [0, 0.1) is 6.92 Å². The van der Waals surface area contributed by atoms with E-state index in [4.69, 9.17) is 4.18 Å². The smallest absolute Gasteiger partial charge is 0.306 e. The molecule has 1 atom stereocenters. The quantitative estimate of drug-likeness (QED) is 0.691. The Morgan fingerprint density at radius 1 is 1.15 bits per heavy atom. The molecule has 2 aromatic rings. The SMILES string of the molecule is CCC(C)N(Cc1cccc(OS(C)(=O)=O)c1)C(=O)c1ccccc1C. The number of aryl methyl sites for hydroxylation is 1. The summed E-state index contributed by atoms with van der Waals surface area (Å²) in [4.78, 5) is 14.9. The van der Waals surface area contributed by atoms with Gasteiger partial charge in [0.1, 0.15) is 5.75 Å². The molecule has 140 valence electrons. The second-order valence-electron chi connectivity index (χ2n) is 6.44. The molecule has 0 fully saturated rings. The van der Waals surface area contributed by atoms with Crippen LogP contribution in [0.5, 0.6) is 5.75 Å². The van der Waals surface area contributed by atoms with E-state index in [1.807, 2.05) is 56.0 Å². The Morgan fingerprint density at radius 3 is 2.46 bits per heavy atom. The normalized spacial score (nSPS) is 12.5. The van der Waals surface area contributed by atoms with Crippen LogP contribution in [0.15, 0.2) is 48.5 Å². The molecule has 0 saturated heterocycles. The molecule has 0 radical (unpaired) electrons. The summed E-state index contributed by atoms with van der Waals surface area (Å²) in [5.41, 5.74) is 2.42. The summed E-state index contributed by atoms with van der Waals surface area (Å²) in [6.45, 7) is 6.34. The lowest BCUT2D eigenvalue weighted by atomic mass is 10.1. The van der Waals surface area contributed by atoms with Gasteiger partial charge < -0.3 is 9.08 Å². The maximum absolute atomic E-state index is 13.1. The molecule has 0 saturated carbocycles. The molecule has 5 nitrogen and oxygen atoms in total. The Morgan fingerprint density at radius 2 is 1.85 bits per heavy atom. The van der Waals surface area contributed by atoms with Crippen LogP contribution in [-0.4, -0.2) is 31.5 Å². The molecule has 6 heteroatoms. The largest absolute Gasteiger partial charge is 0.383 e. The van der Waals surface area contributed by atoms with Crippen LogP contribution in [0.1, 0.15) is 41.8 Å². The minimum atomic E-state index is -3.59. The predicted octanol–water partition coefficient (Wildman–Crippen LogP) is 3.77. The molecule has 0 bridgehead atoms. The number of hydrogen-bond acceptors (Lipinski definition) is 4. The maximum atomic E-state index is 13.1. The number of amides is 1. The van der Waals surface area contributed by atoms with E-state index in [2.05, 4.69) is 0 Å². The fourth-order valence-corrected chi connectivity index (χ4v) is 3.14. The van der Waals surface area contributed by atoms with Gasteiger partial charge in [0, 0.05) is 18.2 Å². The number of hydrogen-bond donors (Lipinski definition) is 0. The summed E-state index contributed by atoms with van der Waals surface area (Å²) < 4.78 is 27.6. The highest BCUT2D eigenvalue weighted by molar-refractivity contribution is 7.86. The highest BCUT2D eigenvalue weighted by Crippen LogP contribution is 2.21. The fourth-order valence-electron chi connectivity index (χ4n) is 2.68. The van der Waals surface area contributed by atoms with Crippen molar-refractivity contribution in [2.45, 2.75) is 39.8 Å². The van der Waals surface area contributed by atoms with Crippen molar-refractivity contribution >= 4 is 16.0 Å². The van der Waals surface area contributed by atoms with Crippen LogP contribution in [0.4, 0.5) is 0 Å². The molecule has 1 unspecified atom stereocenters. The standard InChI is InChI=1S/C20H25NO4S/c1-5-16(3)21(20(22)19-12-7-6-9-15(19)2)14-17-10-8-11-18(13-17)25-26(4,23)24/h6-13,16H,5,14H2,1-4H3. The first-order chi connectivity index (χ1) is 12.2. The Balaban J connectivity index is 2.30. The average molecular weight is 375 g/mol. The zero-order chi connectivity index (χ0) is 19.3. The van der Waals surface area contributed by atoms with E-state index < -0.39 is 10.1 Å². The number of nitrogens with zero attached hydrogens (tertiary/aromatic N) is 1. The van der Waals surface area contributed by atoms with Gasteiger partial charge in [-0.05, 0) is 49.6 Å². The summed E-state index contributed by atoms with van der Waals surface area (Å²) >= 11 is 0. The third kappa shape index (κ3) is 5.33. The van der Waals surface area contributed by atoms with Crippen molar-refractivity contribution in [2.24, 2.45) is 0 Å². The third-order valence-electron chi connectivity index (χ3n) is 4.26. The Labute approximate surface area is 155 Å². The zero-order valence-electron chi connectivity index (χ0n) is 15.6. The Bertz CT molecular complexity index is 877. The fraction of sp³-hybridized carbons (Fsp3) is 0.350. The molecular formula is C20H25NO4S. The number of carbonyl (C=O) groups is 1. The van der Waals surface area contributed by atoms with Gasteiger partial charge >= 0.3 is 10.1 Å². The van der Waals surface area contributed by atoms with Crippen molar-refractivity contribution in [2.75, 3.05) is 6.26 Å². The molecule has 0 aliphatic heterocycles.